The van der Waals surface area contributed by atoms with Gasteiger partial charge in [-0.1, -0.05) is 0 Å². The lowest BCUT2D eigenvalue weighted by Gasteiger charge is -1.97. The molecule has 0 atom stereocenters. The van der Waals surface area contributed by atoms with E-state index in [2.05, 4.69) is 25.7 Å². The predicted octanol–water partition coefficient (Wildman–Crippen LogP) is 0.385. The summed E-state index contributed by atoms with van der Waals surface area (Å²) in [5.41, 5.74) is 0.412. The van der Waals surface area contributed by atoms with Gasteiger partial charge < -0.3 is 5.32 Å². The van der Waals surface area contributed by atoms with Crippen molar-refractivity contribution in [2.24, 2.45) is 0 Å². The quantitative estimate of drug-likeness (QED) is 0.620. The Kier molecular flexibility index (Phi) is 1.79. The topological polar surface area (TPSA) is 86.5 Å². The van der Waals surface area contributed by atoms with Crippen molar-refractivity contribution < 1.29 is 4.79 Å². The molecule has 0 aliphatic rings. The molecule has 0 saturated heterocycles. The number of nitrogens with one attached hydrogen (secondary N) is 3. The molecule has 2 aromatic rings. The first-order valence-electron chi connectivity index (χ1n) is 3.66. The molecule has 66 valence electrons. The van der Waals surface area contributed by atoms with Gasteiger partial charge in [0, 0.05) is 12.3 Å². The monoisotopic (exact) mass is 177 g/mol. The summed E-state index contributed by atoms with van der Waals surface area (Å²) in [6, 6.07) is 3.25. The van der Waals surface area contributed by atoms with Crippen LogP contribution in [0.2, 0.25) is 0 Å². The minimum atomic E-state index is -0.248. The van der Waals surface area contributed by atoms with Crippen LogP contribution in [0.15, 0.2) is 24.5 Å². The third-order valence-electron chi connectivity index (χ3n) is 1.49. The van der Waals surface area contributed by atoms with Gasteiger partial charge in [0.25, 0.3) is 5.91 Å². The van der Waals surface area contributed by atoms with Gasteiger partial charge in [-0.2, -0.15) is 10.2 Å². The molecule has 6 nitrogen and oxygen atoms in total. The van der Waals surface area contributed by atoms with Crippen LogP contribution in [-0.4, -0.2) is 26.3 Å². The molecule has 0 aromatic carbocycles. The number of H-pyrrole nitrogens is 2. The van der Waals surface area contributed by atoms with Crippen LogP contribution >= 0.6 is 0 Å². The number of anilines is 1. The van der Waals surface area contributed by atoms with Crippen molar-refractivity contribution in [3.8, 4) is 0 Å². The van der Waals surface area contributed by atoms with Gasteiger partial charge in [0.15, 0.2) is 0 Å². The van der Waals surface area contributed by atoms with Gasteiger partial charge in [0.1, 0.15) is 11.5 Å². The average molecular weight is 177 g/mol. The summed E-state index contributed by atoms with van der Waals surface area (Å²) in [5.74, 6) is 0.307. The highest BCUT2D eigenvalue weighted by molar-refractivity contribution is 6.02. The zero-order valence-electron chi connectivity index (χ0n) is 6.61. The van der Waals surface area contributed by atoms with E-state index < -0.39 is 0 Å². The molecule has 0 aliphatic heterocycles. The fourth-order valence-corrected chi connectivity index (χ4v) is 0.897. The molecule has 0 fully saturated rings. The largest absolute Gasteiger partial charge is 0.306 e. The number of nitrogens with zero attached hydrogens (tertiary/aromatic N) is 2. The van der Waals surface area contributed by atoms with E-state index in [1.165, 1.54) is 6.20 Å². The molecule has 3 N–H and O–H groups in total. The summed E-state index contributed by atoms with van der Waals surface area (Å²) in [7, 11) is 0. The number of aromatic amines is 2. The highest BCUT2D eigenvalue weighted by Crippen LogP contribution is 2.01. The van der Waals surface area contributed by atoms with Gasteiger partial charge in [-0.3, -0.25) is 15.0 Å². The number of rotatable bonds is 2. The SMILES string of the molecule is O=C(Nc1ccn[nH]1)c1ccn[nH]1. The molecule has 0 bridgehead atoms. The van der Waals surface area contributed by atoms with Crippen LogP contribution in [0.5, 0.6) is 0 Å². The summed E-state index contributed by atoms with van der Waals surface area (Å²) in [5, 5.41) is 15.1. The molecular weight excluding hydrogens is 170 g/mol. The lowest BCUT2D eigenvalue weighted by Crippen LogP contribution is -2.12. The van der Waals surface area contributed by atoms with E-state index in [0.717, 1.165) is 0 Å². The summed E-state index contributed by atoms with van der Waals surface area (Å²) < 4.78 is 0. The van der Waals surface area contributed by atoms with E-state index in [1.807, 2.05) is 0 Å². The number of hydrogen-bond acceptors (Lipinski definition) is 3. The number of aromatic nitrogens is 4. The van der Waals surface area contributed by atoms with Crippen molar-refractivity contribution >= 4 is 11.7 Å². The van der Waals surface area contributed by atoms with E-state index >= 15 is 0 Å². The number of amides is 1. The third kappa shape index (κ3) is 1.56. The Morgan fingerprint density at radius 1 is 1.23 bits per heavy atom. The maximum Gasteiger partial charge on any atom is 0.274 e. The Labute approximate surface area is 73.4 Å². The first-order chi connectivity index (χ1) is 6.36. The first-order valence-corrected chi connectivity index (χ1v) is 3.66. The van der Waals surface area contributed by atoms with Crippen molar-refractivity contribution in [2.45, 2.75) is 0 Å². The normalized spacial score (nSPS) is 9.85. The van der Waals surface area contributed by atoms with Gasteiger partial charge in [-0.15, -0.1) is 0 Å². The van der Waals surface area contributed by atoms with Crippen LogP contribution in [0, 0.1) is 0 Å². The summed E-state index contributed by atoms with van der Waals surface area (Å²) in [6.07, 6.45) is 3.07. The molecule has 0 saturated carbocycles. The summed E-state index contributed by atoms with van der Waals surface area (Å²) in [6.45, 7) is 0. The van der Waals surface area contributed by atoms with E-state index in [-0.39, 0.29) is 5.91 Å². The van der Waals surface area contributed by atoms with Crippen LogP contribution < -0.4 is 5.32 Å². The number of hydrogen-bond donors (Lipinski definition) is 3. The number of carbonyl (C=O) groups is 1. The Bertz CT molecular complexity index is 377. The fraction of sp³-hybridized carbons (Fsp3) is 0. The van der Waals surface area contributed by atoms with Gasteiger partial charge >= 0.3 is 0 Å². The molecule has 6 heteroatoms. The molecule has 0 aliphatic carbocycles. The van der Waals surface area contributed by atoms with Crippen LogP contribution in [0.4, 0.5) is 5.82 Å². The average Bonchev–Trinajstić information content (AvgIpc) is 2.74. The molecule has 0 unspecified atom stereocenters. The Balaban J connectivity index is 2.08. The molecule has 13 heavy (non-hydrogen) atoms. The second kappa shape index (κ2) is 3.10. The Morgan fingerprint density at radius 3 is 2.62 bits per heavy atom. The zero-order chi connectivity index (χ0) is 9.10. The fourth-order valence-electron chi connectivity index (χ4n) is 0.897. The highest BCUT2D eigenvalue weighted by atomic mass is 16.2. The molecule has 1 amide bonds. The van der Waals surface area contributed by atoms with E-state index in [9.17, 15) is 4.79 Å². The third-order valence-corrected chi connectivity index (χ3v) is 1.49. The van der Waals surface area contributed by atoms with Gasteiger partial charge in [-0.25, -0.2) is 0 Å². The second-order valence-electron chi connectivity index (χ2n) is 2.39. The Morgan fingerprint density at radius 2 is 2.00 bits per heavy atom. The van der Waals surface area contributed by atoms with Crippen molar-refractivity contribution in [1.29, 1.82) is 0 Å². The molecule has 2 heterocycles. The van der Waals surface area contributed by atoms with Crippen LogP contribution in [0.3, 0.4) is 0 Å². The molecular formula is C7H7N5O. The lowest BCUT2D eigenvalue weighted by atomic mass is 10.4. The Hall–Kier alpha value is -2.11. The number of carbonyl (C=O) groups excluding carboxylic acids is 1. The van der Waals surface area contributed by atoms with Gasteiger partial charge in [-0.05, 0) is 6.07 Å². The summed E-state index contributed by atoms with van der Waals surface area (Å²) >= 11 is 0. The van der Waals surface area contributed by atoms with Crippen molar-refractivity contribution in [3.05, 3.63) is 30.2 Å². The molecule has 2 rings (SSSR count). The standard InChI is InChI=1S/C7H7N5O/c13-7(5-1-3-8-11-5)10-6-2-4-9-12-6/h1-4H,(H,8,11)(H2,9,10,12,13). The minimum Gasteiger partial charge on any atom is -0.306 e. The lowest BCUT2D eigenvalue weighted by molar-refractivity contribution is 0.102. The molecule has 2 aromatic heterocycles. The zero-order valence-corrected chi connectivity index (χ0v) is 6.61. The van der Waals surface area contributed by atoms with E-state index in [1.54, 1.807) is 18.3 Å². The van der Waals surface area contributed by atoms with Crippen molar-refractivity contribution in [3.63, 3.8) is 0 Å². The first kappa shape index (κ1) is 7.53. The minimum absolute atomic E-state index is 0.248. The predicted molar refractivity (Wildman–Crippen MR) is 45.1 cm³/mol. The van der Waals surface area contributed by atoms with E-state index in [4.69, 9.17) is 0 Å². The second-order valence-corrected chi connectivity index (χ2v) is 2.39. The van der Waals surface area contributed by atoms with Crippen LogP contribution in [-0.2, 0) is 0 Å². The summed E-state index contributed by atoms with van der Waals surface area (Å²) in [4.78, 5) is 11.3. The van der Waals surface area contributed by atoms with Gasteiger partial charge in [0.2, 0.25) is 0 Å². The highest BCUT2D eigenvalue weighted by Gasteiger charge is 2.06. The maximum atomic E-state index is 11.3. The van der Waals surface area contributed by atoms with E-state index in [0.29, 0.717) is 11.5 Å². The van der Waals surface area contributed by atoms with Crippen LogP contribution in [0.25, 0.3) is 0 Å². The van der Waals surface area contributed by atoms with Crippen molar-refractivity contribution in [1.82, 2.24) is 20.4 Å². The van der Waals surface area contributed by atoms with Gasteiger partial charge in [0.05, 0.1) is 6.20 Å². The van der Waals surface area contributed by atoms with Crippen molar-refractivity contribution in [2.75, 3.05) is 5.32 Å². The smallest absolute Gasteiger partial charge is 0.274 e. The molecule has 0 spiro atoms. The van der Waals surface area contributed by atoms with Crippen LogP contribution in [0.1, 0.15) is 10.5 Å². The molecule has 0 radical (unpaired) electrons. The maximum absolute atomic E-state index is 11.3.